The van der Waals surface area contributed by atoms with Crippen LogP contribution in [0.5, 0.6) is 11.5 Å². The molecule has 4 aromatic rings. The maximum absolute atomic E-state index is 5.32. The molecule has 140 valence electrons. The van der Waals surface area contributed by atoms with Crippen LogP contribution in [-0.2, 0) is 0 Å². The molecule has 28 heavy (non-hydrogen) atoms. The number of methoxy groups -OCH3 is 2. The van der Waals surface area contributed by atoms with E-state index in [1.165, 1.54) is 16.5 Å². The first-order valence-electron chi connectivity index (χ1n) is 9.30. The number of nitrogens with one attached hydrogen (secondary N) is 1. The highest BCUT2D eigenvalue weighted by atomic mass is 16.5. The van der Waals surface area contributed by atoms with Crippen LogP contribution < -0.4 is 9.47 Å². The van der Waals surface area contributed by atoms with Crippen molar-refractivity contribution in [1.82, 2.24) is 4.98 Å². The standard InChI is InChI=1S/C25H23NO2/c1-27-20-12-7-18(8-13-20)9-16-22(19-10-14-21(28-2)15-11-19)24-17-26-25-6-4-3-5-23(24)25/h3-17,22,26H,1-2H3/b16-9+. The third kappa shape index (κ3) is 3.65. The van der Waals surface area contributed by atoms with Gasteiger partial charge in [0.05, 0.1) is 14.2 Å². The van der Waals surface area contributed by atoms with Gasteiger partial charge in [-0.25, -0.2) is 0 Å². The zero-order chi connectivity index (χ0) is 19.3. The normalized spacial score (nSPS) is 12.4. The van der Waals surface area contributed by atoms with Crippen LogP contribution in [0.25, 0.3) is 17.0 Å². The third-order valence-corrected chi connectivity index (χ3v) is 5.03. The average Bonchev–Trinajstić information content (AvgIpc) is 3.19. The summed E-state index contributed by atoms with van der Waals surface area (Å²) < 4.78 is 10.6. The molecule has 0 spiro atoms. The zero-order valence-corrected chi connectivity index (χ0v) is 16.1. The SMILES string of the molecule is COc1ccc(/C=C/C(c2ccc(OC)cc2)c2c[nH]c3ccccc23)cc1. The van der Waals surface area contributed by atoms with E-state index < -0.39 is 0 Å². The summed E-state index contributed by atoms with van der Waals surface area (Å²) >= 11 is 0. The average molecular weight is 369 g/mol. The molecule has 0 bridgehead atoms. The lowest BCUT2D eigenvalue weighted by Gasteiger charge is -2.14. The molecule has 0 radical (unpaired) electrons. The van der Waals surface area contributed by atoms with Crippen molar-refractivity contribution in [3.8, 4) is 11.5 Å². The van der Waals surface area contributed by atoms with Gasteiger partial charge in [0.1, 0.15) is 11.5 Å². The number of ether oxygens (including phenoxy) is 2. The molecule has 1 N–H and O–H groups in total. The quantitative estimate of drug-likeness (QED) is 0.450. The topological polar surface area (TPSA) is 34.2 Å². The Morgan fingerprint density at radius 2 is 1.43 bits per heavy atom. The number of hydrogen-bond acceptors (Lipinski definition) is 2. The molecule has 0 fully saturated rings. The molecule has 3 heteroatoms. The number of H-pyrrole nitrogens is 1. The predicted molar refractivity (Wildman–Crippen MR) is 115 cm³/mol. The van der Waals surface area contributed by atoms with Crippen LogP contribution in [0.1, 0.15) is 22.6 Å². The summed E-state index contributed by atoms with van der Waals surface area (Å²) in [5.41, 5.74) is 4.76. The van der Waals surface area contributed by atoms with Crippen LogP contribution >= 0.6 is 0 Å². The third-order valence-electron chi connectivity index (χ3n) is 5.03. The van der Waals surface area contributed by atoms with Crippen LogP contribution in [0.15, 0.2) is 85.1 Å². The fourth-order valence-electron chi connectivity index (χ4n) is 3.48. The lowest BCUT2D eigenvalue weighted by atomic mass is 9.90. The number of fused-ring (bicyclic) bond motifs is 1. The maximum atomic E-state index is 5.32. The summed E-state index contributed by atoms with van der Waals surface area (Å²) in [5.74, 6) is 1.85. The number of hydrogen-bond donors (Lipinski definition) is 1. The fourth-order valence-corrected chi connectivity index (χ4v) is 3.48. The van der Waals surface area contributed by atoms with E-state index in [-0.39, 0.29) is 5.92 Å². The number of rotatable bonds is 6. The molecule has 4 rings (SSSR count). The second-order valence-electron chi connectivity index (χ2n) is 6.67. The lowest BCUT2D eigenvalue weighted by molar-refractivity contribution is 0.414. The first-order valence-corrected chi connectivity index (χ1v) is 9.30. The van der Waals surface area contributed by atoms with E-state index in [9.17, 15) is 0 Å². The van der Waals surface area contributed by atoms with Gasteiger partial charge in [0.25, 0.3) is 0 Å². The number of aromatic amines is 1. The summed E-state index contributed by atoms with van der Waals surface area (Å²) in [6, 6.07) is 24.8. The van der Waals surface area contributed by atoms with Gasteiger partial charge < -0.3 is 14.5 Å². The summed E-state index contributed by atoms with van der Waals surface area (Å²) in [6.45, 7) is 0. The highest BCUT2D eigenvalue weighted by molar-refractivity contribution is 5.84. The fraction of sp³-hybridized carbons (Fsp3) is 0.120. The Bertz CT molecular complexity index is 1080. The highest BCUT2D eigenvalue weighted by Gasteiger charge is 2.15. The van der Waals surface area contributed by atoms with Gasteiger partial charge in [-0.05, 0) is 47.0 Å². The Morgan fingerprint density at radius 1 is 0.786 bits per heavy atom. The van der Waals surface area contributed by atoms with E-state index in [4.69, 9.17) is 9.47 Å². The Kier molecular flexibility index (Phi) is 5.16. The summed E-state index contributed by atoms with van der Waals surface area (Å²) in [5, 5.41) is 1.24. The minimum atomic E-state index is 0.129. The van der Waals surface area contributed by atoms with Gasteiger partial charge in [-0.1, -0.05) is 54.6 Å². The predicted octanol–water partition coefficient (Wildman–Crippen LogP) is 6.03. The van der Waals surface area contributed by atoms with Gasteiger partial charge in [-0.2, -0.15) is 0 Å². The number of aromatic nitrogens is 1. The number of allylic oxidation sites excluding steroid dienone is 1. The van der Waals surface area contributed by atoms with Gasteiger partial charge in [0, 0.05) is 23.0 Å². The second kappa shape index (κ2) is 8.05. The molecule has 0 saturated carbocycles. The van der Waals surface area contributed by atoms with E-state index in [1.807, 2.05) is 24.3 Å². The maximum Gasteiger partial charge on any atom is 0.118 e. The largest absolute Gasteiger partial charge is 0.497 e. The molecule has 1 atom stereocenters. The van der Waals surface area contributed by atoms with Crippen molar-refractivity contribution in [1.29, 1.82) is 0 Å². The van der Waals surface area contributed by atoms with Crippen LogP contribution in [0.4, 0.5) is 0 Å². The van der Waals surface area contributed by atoms with E-state index in [0.717, 1.165) is 22.6 Å². The van der Waals surface area contributed by atoms with Gasteiger partial charge in [0.2, 0.25) is 0 Å². The van der Waals surface area contributed by atoms with Gasteiger partial charge in [-0.15, -0.1) is 0 Å². The molecule has 3 nitrogen and oxygen atoms in total. The summed E-state index contributed by atoms with van der Waals surface area (Å²) in [4.78, 5) is 3.40. The number of benzene rings is 3. The highest BCUT2D eigenvalue weighted by Crippen LogP contribution is 2.33. The lowest BCUT2D eigenvalue weighted by Crippen LogP contribution is -1.97. The van der Waals surface area contributed by atoms with Crippen LogP contribution in [0.3, 0.4) is 0 Å². The second-order valence-corrected chi connectivity index (χ2v) is 6.67. The molecule has 1 heterocycles. The minimum absolute atomic E-state index is 0.129. The molecule has 0 aliphatic heterocycles. The van der Waals surface area contributed by atoms with Crippen LogP contribution in [0.2, 0.25) is 0 Å². The molecule has 0 aliphatic carbocycles. The van der Waals surface area contributed by atoms with E-state index >= 15 is 0 Å². The van der Waals surface area contributed by atoms with Crippen molar-refractivity contribution >= 4 is 17.0 Å². The van der Waals surface area contributed by atoms with Gasteiger partial charge in [0.15, 0.2) is 0 Å². The van der Waals surface area contributed by atoms with Gasteiger partial charge in [-0.3, -0.25) is 0 Å². The zero-order valence-electron chi connectivity index (χ0n) is 16.1. The van der Waals surface area contributed by atoms with Crippen molar-refractivity contribution in [2.24, 2.45) is 0 Å². The monoisotopic (exact) mass is 369 g/mol. The minimum Gasteiger partial charge on any atom is -0.497 e. The van der Waals surface area contributed by atoms with Crippen molar-refractivity contribution in [2.75, 3.05) is 14.2 Å². The Morgan fingerprint density at radius 3 is 2.11 bits per heavy atom. The molecular weight excluding hydrogens is 346 g/mol. The molecule has 1 unspecified atom stereocenters. The molecule has 1 aromatic heterocycles. The van der Waals surface area contributed by atoms with Crippen molar-refractivity contribution in [3.05, 3.63) is 102 Å². The van der Waals surface area contributed by atoms with E-state index in [2.05, 4.69) is 71.9 Å². The van der Waals surface area contributed by atoms with E-state index in [1.54, 1.807) is 14.2 Å². The summed E-state index contributed by atoms with van der Waals surface area (Å²) in [7, 11) is 3.37. The molecular formula is C25H23NO2. The molecule has 0 aliphatic rings. The first kappa shape index (κ1) is 17.9. The first-order chi connectivity index (χ1) is 13.8. The van der Waals surface area contributed by atoms with Gasteiger partial charge >= 0.3 is 0 Å². The Labute approximate surface area is 165 Å². The van der Waals surface area contributed by atoms with Crippen molar-refractivity contribution in [2.45, 2.75) is 5.92 Å². The summed E-state index contributed by atoms with van der Waals surface area (Å²) in [6.07, 6.45) is 6.52. The van der Waals surface area contributed by atoms with Crippen LogP contribution in [0, 0.1) is 0 Å². The Balaban J connectivity index is 1.75. The van der Waals surface area contributed by atoms with E-state index in [0.29, 0.717) is 0 Å². The smallest absolute Gasteiger partial charge is 0.118 e. The van der Waals surface area contributed by atoms with Crippen molar-refractivity contribution < 1.29 is 9.47 Å². The van der Waals surface area contributed by atoms with Crippen LogP contribution in [-0.4, -0.2) is 19.2 Å². The van der Waals surface area contributed by atoms with Crippen molar-refractivity contribution in [3.63, 3.8) is 0 Å². The number of para-hydroxylation sites is 1. The molecule has 0 saturated heterocycles. The molecule has 3 aromatic carbocycles. The Hall–Kier alpha value is -3.46. The molecule has 0 amide bonds.